The van der Waals surface area contributed by atoms with E-state index in [1.54, 1.807) is 0 Å². The molecule has 2 amide bonds. The SMILES string of the molecule is NC(=O)CSC1=Nc2ccccc2C2=N[C@H](Cc3c[nH]c4ccccc34)C(=O)N12. The molecular weight excluding hydrogens is 386 g/mol. The van der Waals surface area contributed by atoms with Crippen LogP contribution in [0.3, 0.4) is 0 Å². The van der Waals surface area contributed by atoms with Crippen molar-refractivity contribution in [2.45, 2.75) is 12.5 Å². The van der Waals surface area contributed by atoms with E-state index < -0.39 is 11.9 Å². The van der Waals surface area contributed by atoms with Gasteiger partial charge < -0.3 is 10.7 Å². The molecule has 0 bridgehead atoms. The first kappa shape index (κ1) is 17.7. The number of aliphatic imine (C=N–C) groups is 2. The number of hydrogen-bond acceptors (Lipinski definition) is 5. The number of carbonyl (C=O) groups is 2. The van der Waals surface area contributed by atoms with E-state index in [9.17, 15) is 9.59 Å². The van der Waals surface area contributed by atoms with E-state index in [2.05, 4.69) is 9.98 Å². The van der Waals surface area contributed by atoms with Crippen molar-refractivity contribution in [2.75, 3.05) is 5.75 Å². The van der Waals surface area contributed by atoms with Gasteiger partial charge in [-0.15, -0.1) is 0 Å². The van der Waals surface area contributed by atoms with Crippen LogP contribution in [0.2, 0.25) is 0 Å². The predicted molar refractivity (Wildman–Crippen MR) is 114 cm³/mol. The first-order chi connectivity index (χ1) is 14.1. The Kier molecular flexibility index (Phi) is 4.21. The number of carbonyl (C=O) groups excluding carboxylic acids is 2. The Morgan fingerprint density at radius 1 is 1.17 bits per heavy atom. The molecule has 3 aromatic rings. The minimum Gasteiger partial charge on any atom is -0.369 e. The molecule has 3 heterocycles. The van der Waals surface area contributed by atoms with Crippen LogP contribution < -0.4 is 5.73 Å². The van der Waals surface area contributed by atoms with Gasteiger partial charge in [-0.1, -0.05) is 42.1 Å². The third-order valence-corrected chi connectivity index (χ3v) is 5.94. The molecule has 0 radical (unpaired) electrons. The number of amidine groups is 2. The number of H-pyrrole nitrogens is 1. The monoisotopic (exact) mass is 403 g/mol. The molecule has 7 nitrogen and oxygen atoms in total. The Hall–Kier alpha value is -3.39. The molecule has 0 fully saturated rings. The van der Waals surface area contributed by atoms with Crippen LogP contribution in [-0.2, 0) is 16.0 Å². The Bertz CT molecular complexity index is 1210. The van der Waals surface area contributed by atoms with Crippen molar-refractivity contribution in [3.63, 3.8) is 0 Å². The Morgan fingerprint density at radius 3 is 2.83 bits per heavy atom. The second-order valence-corrected chi connectivity index (χ2v) is 7.81. The van der Waals surface area contributed by atoms with E-state index in [1.165, 1.54) is 4.90 Å². The third kappa shape index (κ3) is 3.01. The maximum Gasteiger partial charge on any atom is 0.259 e. The molecule has 5 rings (SSSR count). The lowest BCUT2D eigenvalue weighted by Gasteiger charge is -2.25. The summed E-state index contributed by atoms with van der Waals surface area (Å²) >= 11 is 1.16. The van der Waals surface area contributed by atoms with Gasteiger partial charge >= 0.3 is 0 Å². The number of para-hydroxylation sites is 2. The quantitative estimate of drug-likeness (QED) is 0.700. The number of primary amides is 1. The molecule has 144 valence electrons. The molecule has 0 unspecified atom stereocenters. The number of aromatic nitrogens is 1. The van der Waals surface area contributed by atoms with Crippen molar-refractivity contribution in [3.05, 3.63) is 65.9 Å². The number of nitrogens with one attached hydrogen (secondary N) is 1. The highest BCUT2D eigenvalue weighted by Gasteiger charge is 2.41. The third-order valence-electron chi connectivity index (χ3n) is 4.98. The fourth-order valence-corrected chi connectivity index (χ4v) is 4.42. The highest BCUT2D eigenvalue weighted by molar-refractivity contribution is 8.14. The molecule has 2 aromatic carbocycles. The summed E-state index contributed by atoms with van der Waals surface area (Å²) in [5.41, 5.74) is 8.91. The Morgan fingerprint density at radius 2 is 1.97 bits per heavy atom. The highest BCUT2D eigenvalue weighted by Crippen LogP contribution is 2.34. The minimum absolute atomic E-state index is 0.0468. The number of hydrogen-bond donors (Lipinski definition) is 2. The largest absolute Gasteiger partial charge is 0.369 e. The summed E-state index contributed by atoms with van der Waals surface area (Å²) < 4.78 is 0. The maximum atomic E-state index is 13.3. The van der Waals surface area contributed by atoms with Crippen LogP contribution in [0.5, 0.6) is 0 Å². The van der Waals surface area contributed by atoms with Crippen molar-refractivity contribution >= 4 is 51.2 Å². The normalized spacial score (nSPS) is 17.7. The molecule has 0 saturated heterocycles. The summed E-state index contributed by atoms with van der Waals surface area (Å²) in [6, 6.07) is 15.0. The van der Waals surface area contributed by atoms with Gasteiger partial charge in [-0.25, -0.2) is 9.89 Å². The second kappa shape index (κ2) is 6.89. The average Bonchev–Trinajstić information content (AvgIpc) is 3.28. The summed E-state index contributed by atoms with van der Waals surface area (Å²) in [4.78, 5) is 38.6. The summed E-state index contributed by atoms with van der Waals surface area (Å²) in [5, 5.41) is 1.52. The van der Waals surface area contributed by atoms with Gasteiger partial charge in [0, 0.05) is 29.1 Å². The summed E-state index contributed by atoms with van der Waals surface area (Å²) in [6.45, 7) is 0. The zero-order valence-electron chi connectivity index (χ0n) is 15.3. The van der Waals surface area contributed by atoms with Gasteiger partial charge in [0.05, 0.1) is 11.4 Å². The van der Waals surface area contributed by atoms with Crippen LogP contribution >= 0.6 is 11.8 Å². The molecule has 0 aliphatic carbocycles. The molecule has 1 atom stereocenters. The minimum atomic E-state index is -0.547. The van der Waals surface area contributed by atoms with Gasteiger partial charge in [-0.2, -0.15) is 0 Å². The van der Waals surface area contributed by atoms with E-state index >= 15 is 0 Å². The van der Waals surface area contributed by atoms with Crippen LogP contribution in [0, 0.1) is 0 Å². The fraction of sp³-hybridized carbons (Fsp3) is 0.143. The second-order valence-electron chi connectivity index (χ2n) is 6.87. The Balaban J connectivity index is 1.52. The van der Waals surface area contributed by atoms with E-state index in [1.807, 2.05) is 54.7 Å². The van der Waals surface area contributed by atoms with Gasteiger partial charge in [0.25, 0.3) is 5.91 Å². The lowest BCUT2D eigenvalue weighted by atomic mass is 10.1. The lowest BCUT2D eigenvalue weighted by Crippen LogP contribution is -2.41. The number of benzene rings is 2. The number of amides is 2. The van der Waals surface area contributed by atoms with Gasteiger partial charge in [0.1, 0.15) is 11.9 Å². The standard InChI is InChI=1S/C21H17N5O2S/c22-18(27)11-29-21-25-16-8-4-2-6-14(16)19-24-17(20(28)26(19)21)9-12-10-23-15-7-3-1-5-13(12)15/h1-8,10,17,23H,9,11H2,(H2,22,27)/t17-/m1/s1. The van der Waals surface area contributed by atoms with Gasteiger partial charge in [-0.05, 0) is 23.8 Å². The van der Waals surface area contributed by atoms with Gasteiger partial charge in [0.15, 0.2) is 5.17 Å². The molecule has 0 saturated carbocycles. The smallest absolute Gasteiger partial charge is 0.259 e. The van der Waals surface area contributed by atoms with E-state index in [0.29, 0.717) is 17.4 Å². The molecule has 2 aliphatic rings. The van der Waals surface area contributed by atoms with Crippen molar-refractivity contribution in [1.82, 2.24) is 9.88 Å². The molecule has 2 aliphatic heterocycles. The van der Waals surface area contributed by atoms with Crippen LogP contribution in [0.1, 0.15) is 11.1 Å². The molecule has 1 aromatic heterocycles. The number of nitrogens with zero attached hydrogens (tertiary/aromatic N) is 3. The van der Waals surface area contributed by atoms with Crippen LogP contribution in [0.25, 0.3) is 10.9 Å². The van der Waals surface area contributed by atoms with Crippen LogP contribution in [0.15, 0.2) is 64.7 Å². The number of thioether (sulfide) groups is 1. The topological polar surface area (TPSA) is 104 Å². The molecule has 3 N–H and O–H groups in total. The zero-order valence-corrected chi connectivity index (χ0v) is 16.1. The van der Waals surface area contributed by atoms with Crippen molar-refractivity contribution in [1.29, 1.82) is 0 Å². The number of rotatable bonds is 4. The lowest BCUT2D eigenvalue weighted by molar-refractivity contribution is -0.124. The Labute approximate surface area is 170 Å². The van der Waals surface area contributed by atoms with Gasteiger partial charge in [-0.3, -0.25) is 14.6 Å². The summed E-state index contributed by atoms with van der Waals surface area (Å²) in [5.74, 6) is 0.0236. The molecule has 0 spiro atoms. The van der Waals surface area contributed by atoms with Crippen LogP contribution in [0.4, 0.5) is 5.69 Å². The number of aromatic amines is 1. The van der Waals surface area contributed by atoms with E-state index in [4.69, 9.17) is 10.7 Å². The number of fused-ring (bicyclic) bond motifs is 4. The first-order valence-corrected chi connectivity index (χ1v) is 10.2. The predicted octanol–water partition coefficient (Wildman–Crippen LogP) is 2.59. The van der Waals surface area contributed by atoms with E-state index in [-0.39, 0.29) is 11.7 Å². The molecular formula is C21H17N5O2S. The van der Waals surface area contributed by atoms with Crippen LogP contribution in [-0.4, -0.2) is 44.5 Å². The number of nitrogens with two attached hydrogens (primary N) is 1. The first-order valence-electron chi connectivity index (χ1n) is 9.18. The van der Waals surface area contributed by atoms with E-state index in [0.717, 1.165) is 39.5 Å². The van der Waals surface area contributed by atoms with Crippen molar-refractivity contribution < 1.29 is 9.59 Å². The van der Waals surface area contributed by atoms with Crippen molar-refractivity contribution in [2.24, 2.45) is 15.7 Å². The molecule has 8 heteroatoms. The fourth-order valence-electron chi connectivity index (χ4n) is 3.68. The summed E-state index contributed by atoms with van der Waals surface area (Å²) in [6.07, 6.45) is 2.42. The molecule has 29 heavy (non-hydrogen) atoms. The van der Waals surface area contributed by atoms with Gasteiger partial charge in [0.2, 0.25) is 5.91 Å². The maximum absolute atomic E-state index is 13.3. The highest BCUT2D eigenvalue weighted by atomic mass is 32.2. The van der Waals surface area contributed by atoms with Crippen molar-refractivity contribution in [3.8, 4) is 0 Å². The average molecular weight is 403 g/mol. The zero-order chi connectivity index (χ0) is 20.0. The summed E-state index contributed by atoms with van der Waals surface area (Å²) in [7, 11) is 0.